The molecule has 3 aliphatic rings. The Balaban J connectivity index is 1.02. The average molecular weight is 595 g/mol. The fourth-order valence-corrected chi connectivity index (χ4v) is 7.75. The summed E-state index contributed by atoms with van der Waals surface area (Å²) in [6.45, 7) is 3.92. The van der Waals surface area contributed by atoms with Crippen molar-refractivity contribution in [2.24, 2.45) is 11.7 Å². The van der Waals surface area contributed by atoms with E-state index in [1.54, 1.807) is 17.5 Å². The van der Waals surface area contributed by atoms with Crippen molar-refractivity contribution in [3.8, 4) is 0 Å². The second-order valence-electron chi connectivity index (χ2n) is 12.3. The lowest BCUT2D eigenvalue weighted by Gasteiger charge is -2.33. The summed E-state index contributed by atoms with van der Waals surface area (Å²) < 4.78 is 1.14. The molecule has 2 aromatic carbocycles. The lowest BCUT2D eigenvalue weighted by atomic mass is 9.89. The molecular weight excluding hydrogens is 556 g/mol. The van der Waals surface area contributed by atoms with Crippen molar-refractivity contribution < 1.29 is 9.59 Å². The van der Waals surface area contributed by atoms with E-state index in [2.05, 4.69) is 56.5 Å². The highest BCUT2D eigenvalue weighted by atomic mass is 32.1. The number of nitrogens with one attached hydrogen (secondary N) is 1. The number of amides is 1. The number of carbonyl (C=O) groups is 2. The average Bonchev–Trinajstić information content (AvgIpc) is 3.79. The number of nitrogens with two attached hydrogens (primary N) is 1. The number of nitrogens with zero attached hydrogens (tertiary/aromatic N) is 4. The van der Waals surface area contributed by atoms with Crippen LogP contribution in [-0.4, -0.2) is 58.8 Å². The number of anilines is 3. The lowest BCUT2D eigenvalue weighted by molar-refractivity contribution is 0.0958. The molecule has 2 saturated heterocycles. The highest BCUT2D eigenvalue weighted by Crippen LogP contribution is 2.35. The number of likely N-dealkylation sites (tertiary alicyclic amines) is 1. The summed E-state index contributed by atoms with van der Waals surface area (Å²) in [6.07, 6.45) is 9.24. The number of hydrogen-bond donors (Lipinski definition) is 2. The van der Waals surface area contributed by atoms with Gasteiger partial charge in [0.15, 0.2) is 17.3 Å². The van der Waals surface area contributed by atoms with Gasteiger partial charge in [-0.2, -0.15) is 0 Å². The second-order valence-corrected chi connectivity index (χ2v) is 13.4. The van der Waals surface area contributed by atoms with E-state index in [1.807, 2.05) is 18.2 Å². The zero-order chi connectivity index (χ0) is 29.3. The highest BCUT2D eigenvalue weighted by Gasteiger charge is 2.32. The van der Waals surface area contributed by atoms with Crippen LogP contribution in [0.25, 0.3) is 10.1 Å². The van der Waals surface area contributed by atoms with Gasteiger partial charge in [-0.05, 0) is 98.7 Å². The van der Waals surface area contributed by atoms with Gasteiger partial charge in [0, 0.05) is 35.9 Å². The molecule has 1 aliphatic carbocycles. The minimum Gasteiger partial charge on any atom is -0.364 e. The number of rotatable bonds is 9. The van der Waals surface area contributed by atoms with E-state index in [4.69, 9.17) is 10.7 Å². The normalized spacial score (nSPS) is 19.9. The molecule has 0 radical (unpaired) electrons. The summed E-state index contributed by atoms with van der Waals surface area (Å²) in [5.74, 6) is 1.44. The number of benzene rings is 2. The Morgan fingerprint density at radius 1 is 0.977 bits per heavy atom. The Labute approximate surface area is 256 Å². The van der Waals surface area contributed by atoms with Crippen LogP contribution in [-0.2, 0) is 0 Å². The number of thiophene rings is 1. The smallest absolute Gasteiger partial charge is 0.271 e. The van der Waals surface area contributed by atoms with E-state index in [0.29, 0.717) is 24.0 Å². The maximum atomic E-state index is 13.2. The number of Topliss-reactive ketones (excluding diaryl/α,β-unsaturated/α-hetero) is 1. The van der Waals surface area contributed by atoms with Crippen LogP contribution in [0.3, 0.4) is 0 Å². The molecule has 0 bridgehead atoms. The summed E-state index contributed by atoms with van der Waals surface area (Å²) >= 11 is 1.57. The third-order valence-electron chi connectivity index (χ3n) is 9.25. The Hall–Kier alpha value is -3.82. The Morgan fingerprint density at radius 3 is 2.51 bits per heavy atom. The molecule has 9 heteroatoms. The molecule has 1 amide bonds. The SMILES string of the molecule is NC(=O)c1ncc(N2CCC[C@@H](CC(=O)c3cc4ccccc4s3)C2)nc1Nc1ccc(C2CCN(C3CC3)CC2)cc1. The highest BCUT2D eigenvalue weighted by molar-refractivity contribution is 7.20. The number of carbonyl (C=O) groups excluding carboxylic acids is 2. The summed E-state index contributed by atoms with van der Waals surface area (Å²) in [6, 6.07) is 19.5. The molecule has 2 aromatic heterocycles. The topological polar surface area (TPSA) is 104 Å². The van der Waals surface area contributed by atoms with Crippen LogP contribution in [0.4, 0.5) is 17.3 Å². The van der Waals surface area contributed by atoms with Crippen LogP contribution < -0.4 is 16.0 Å². The van der Waals surface area contributed by atoms with Crippen LogP contribution in [0.1, 0.15) is 76.6 Å². The number of piperidine rings is 2. The molecule has 222 valence electrons. The zero-order valence-corrected chi connectivity index (χ0v) is 25.2. The van der Waals surface area contributed by atoms with E-state index < -0.39 is 5.91 Å². The first-order valence-corrected chi connectivity index (χ1v) is 16.4. The second kappa shape index (κ2) is 12.1. The van der Waals surface area contributed by atoms with E-state index in [0.717, 1.165) is 52.6 Å². The maximum Gasteiger partial charge on any atom is 0.271 e. The summed E-state index contributed by atoms with van der Waals surface area (Å²) in [5.41, 5.74) is 8.01. The molecule has 2 aliphatic heterocycles. The monoisotopic (exact) mass is 594 g/mol. The third kappa shape index (κ3) is 6.28. The molecule has 0 spiro atoms. The summed E-state index contributed by atoms with van der Waals surface area (Å²) in [5, 5.41) is 4.43. The van der Waals surface area contributed by atoms with Gasteiger partial charge in [-0.25, -0.2) is 9.97 Å². The Morgan fingerprint density at radius 2 is 1.77 bits per heavy atom. The summed E-state index contributed by atoms with van der Waals surface area (Å²) in [4.78, 5) is 40.3. The molecule has 1 saturated carbocycles. The number of fused-ring (bicyclic) bond motifs is 1. The molecule has 1 atom stereocenters. The predicted molar refractivity (Wildman–Crippen MR) is 173 cm³/mol. The Kier molecular flexibility index (Phi) is 7.84. The summed E-state index contributed by atoms with van der Waals surface area (Å²) in [7, 11) is 0. The van der Waals surface area contributed by atoms with Crippen molar-refractivity contribution in [3.05, 3.63) is 76.9 Å². The first-order valence-electron chi connectivity index (χ1n) is 15.5. The number of ketones is 1. The quantitative estimate of drug-likeness (QED) is 0.217. The minimum atomic E-state index is -0.619. The molecule has 8 nitrogen and oxygen atoms in total. The van der Waals surface area contributed by atoms with Gasteiger partial charge < -0.3 is 20.9 Å². The van der Waals surface area contributed by atoms with Crippen molar-refractivity contribution >= 4 is 50.4 Å². The van der Waals surface area contributed by atoms with Crippen molar-refractivity contribution in [2.75, 3.05) is 36.4 Å². The largest absolute Gasteiger partial charge is 0.364 e. The minimum absolute atomic E-state index is 0.119. The van der Waals surface area contributed by atoms with Gasteiger partial charge in [0.05, 0.1) is 11.1 Å². The first kappa shape index (κ1) is 28.0. The van der Waals surface area contributed by atoms with Gasteiger partial charge in [0.2, 0.25) is 0 Å². The molecule has 4 heterocycles. The van der Waals surface area contributed by atoms with Crippen LogP contribution in [0.15, 0.2) is 60.8 Å². The molecule has 7 rings (SSSR count). The number of primary amides is 1. The van der Waals surface area contributed by atoms with Crippen LogP contribution in [0.5, 0.6) is 0 Å². The molecule has 43 heavy (non-hydrogen) atoms. The molecular formula is C34H38N6O2S. The van der Waals surface area contributed by atoms with E-state index in [9.17, 15) is 9.59 Å². The van der Waals surface area contributed by atoms with Crippen molar-refractivity contribution in [1.82, 2.24) is 14.9 Å². The van der Waals surface area contributed by atoms with Gasteiger partial charge >= 0.3 is 0 Å². The van der Waals surface area contributed by atoms with E-state index in [1.165, 1.54) is 44.3 Å². The lowest BCUT2D eigenvalue weighted by Crippen LogP contribution is -2.37. The van der Waals surface area contributed by atoms with Crippen LogP contribution >= 0.6 is 11.3 Å². The molecule has 3 N–H and O–H groups in total. The van der Waals surface area contributed by atoms with Gasteiger partial charge in [-0.1, -0.05) is 30.3 Å². The fraction of sp³-hybridized carbons (Fsp3) is 0.412. The number of hydrogen-bond acceptors (Lipinski definition) is 8. The van der Waals surface area contributed by atoms with Crippen LogP contribution in [0, 0.1) is 5.92 Å². The fourth-order valence-electron chi connectivity index (χ4n) is 6.73. The molecule has 3 fully saturated rings. The van der Waals surface area contributed by atoms with Crippen molar-refractivity contribution in [1.29, 1.82) is 0 Å². The first-order chi connectivity index (χ1) is 21.0. The zero-order valence-electron chi connectivity index (χ0n) is 24.4. The van der Waals surface area contributed by atoms with Crippen molar-refractivity contribution in [3.63, 3.8) is 0 Å². The molecule has 0 unspecified atom stereocenters. The number of aromatic nitrogens is 2. The van der Waals surface area contributed by atoms with E-state index >= 15 is 0 Å². The molecule has 4 aromatic rings. The predicted octanol–water partition coefficient (Wildman–Crippen LogP) is 6.37. The van der Waals surface area contributed by atoms with Gasteiger partial charge in [0.1, 0.15) is 5.82 Å². The standard InChI is InChI=1S/C34H38N6O2S/c35-33(42)32-34(37-26-9-7-23(8-10-26)24-13-16-39(17-14-24)27-11-12-27)38-31(20-36-32)40-15-3-4-22(21-40)18-28(41)30-19-25-5-1-2-6-29(25)43-30/h1-2,5-10,19-20,22,24,27H,3-4,11-18,21H2,(H2,35,42)(H,37,38)/t22-/m0/s1. The van der Waals surface area contributed by atoms with E-state index in [-0.39, 0.29) is 17.4 Å². The van der Waals surface area contributed by atoms with Crippen molar-refractivity contribution in [2.45, 2.75) is 56.9 Å². The van der Waals surface area contributed by atoms with Crippen LogP contribution in [0.2, 0.25) is 0 Å². The van der Waals surface area contributed by atoms with Gasteiger partial charge in [0.25, 0.3) is 5.91 Å². The maximum absolute atomic E-state index is 13.2. The third-order valence-corrected chi connectivity index (χ3v) is 10.4. The van der Waals surface area contributed by atoms with Gasteiger partial charge in [-0.15, -0.1) is 11.3 Å². The van der Waals surface area contributed by atoms with Gasteiger partial charge in [-0.3, -0.25) is 9.59 Å². The Bertz CT molecular complexity index is 1590.